The number of ketones is 1. The summed E-state index contributed by atoms with van der Waals surface area (Å²) in [5.74, 6) is 0.564. The predicted octanol–water partition coefficient (Wildman–Crippen LogP) is 3.97. The molecule has 0 amide bonds. The summed E-state index contributed by atoms with van der Waals surface area (Å²) in [6.45, 7) is 3.83. The number of halogens is 1. The standard InChI is InChI=1S/C12H13ClOS/c1-9(2)7-10(14)8-15-12-6-4-3-5-11(12)13/h3-7H,8H2,1-2H3. The molecule has 1 aromatic carbocycles. The lowest BCUT2D eigenvalue weighted by Gasteiger charge is -2.01. The van der Waals surface area contributed by atoms with Crippen molar-refractivity contribution < 1.29 is 4.79 Å². The Morgan fingerprint density at radius 2 is 2.07 bits per heavy atom. The molecule has 15 heavy (non-hydrogen) atoms. The topological polar surface area (TPSA) is 17.1 Å². The van der Waals surface area contributed by atoms with Crippen molar-refractivity contribution in [1.29, 1.82) is 0 Å². The molecule has 3 heteroatoms. The quantitative estimate of drug-likeness (QED) is 0.585. The Morgan fingerprint density at radius 1 is 1.40 bits per heavy atom. The van der Waals surface area contributed by atoms with E-state index in [1.165, 1.54) is 11.8 Å². The summed E-state index contributed by atoms with van der Waals surface area (Å²) in [6.07, 6.45) is 1.66. The van der Waals surface area contributed by atoms with Gasteiger partial charge >= 0.3 is 0 Å². The number of benzene rings is 1. The lowest BCUT2D eigenvalue weighted by atomic mass is 10.3. The molecule has 0 unspecified atom stereocenters. The highest BCUT2D eigenvalue weighted by atomic mass is 35.5. The molecule has 0 atom stereocenters. The second-order valence-corrected chi connectivity index (χ2v) is 4.83. The smallest absolute Gasteiger partial charge is 0.165 e. The third-order valence-electron chi connectivity index (χ3n) is 1.66. The summed E-state index contributed by atoms with van der Waals surface area (Å²) in [6, 6.07) is 7.54. The van der Waals surface area contributed by atoms with Crippen LogP contribution in [0.3, 0.4) is 0 Å². The van der Waals surface area contributed by atoms with Crippen molar-refractivity contribution in [2.24, 2.45) is 0 Å². The molecule has 0 saturated carbocycles. The fraction of sp³-hybridized carbons (Fsp3) is 0.250. The lowest BCUT2D eigenvalue weighted by molar-refractivity contribution is -0.112. The molecule has 0 aliphatic heterocycles. The van der Waals surface area contributed by atoms with E-state index in [4.69, 9.17) is 11.6 Å². The van der Waals surface area contributed by atoms with Crippen molar-refractivity contribution in [3.63, 3.8) is 0 Å². The van der Waals surface area contributed by atoms with Crippen LogP contribution < -0.4 is 0 Å². The molecule has 1 nitrogen and oxygen atoms in total. The van der Waals surface area contributed by atoms with Crippen LogP contribution in [0.2, 0.25) is 5.02 Å². The Kier molecular flexibility index (Phi) is 4.92. The van der Waals surface area contributed by atoms with Crippen LogP contribution in [-0.2, 0) is 4.79 Å². The molecule has 0 aliphatic rings. The van der Waals surface area contributed by atoms with Crippen molar-refractivity contribution in [2.75, 3.05) is 5.75 Å². The van der Waals surface area contributed by atoms with Crippen LogP contribution in [0.4, 0.5) is 0 Å². The van der Waals surface area contributed by atoms with Gasteiger partial charge in [0, 0.05) is 4.90 Å². The van der Waals surface area contributed by atoms with E-state index < -0.39 is 0 Å². The normalized spacial score (nSPS) is 9.80. The molecular formula is C12H13ClOS. The first-order valence-electron chi connectivity index (χ1n) is 4.64. The zero-order valence-corrected chi connectivity index (χ0v) is 10.4. The van der Waals surface area contributed by atoms with E-state index in [1.807, 2.05) is 38.1 Å². The fourth-order valence-electron chi connectivity index (χ4n) is 1.07. The van der Waals surface area contributed by atoms with Crippen LogP contribution in [0.25, 0.3) is 0 Å². The van der Waals surface area contributed by atoms with Crippen molar-refractivity contribution in [3.05, 3.63) is 40.9 Å². The van der Waals surface area contributed by atoms with Gasteiger partial charge in [-0.3, -0.25) is 4.79 Å². The second-order valence-electron chi connectivity index (χ2n) is 3.41. The molecule has 0 radical (unpaired) electrons. The predicted molar refractivity (Wildman–Crippen MR) is 66.6 cm³/mol. The highest BCUT2D eigenvalue weighted by Gasteiger charge is 2.02. The second kappa shape index (κ2) is 5.99. The number of carbonyl (C=O) groups excluding carboxylic acids is 1. The summed E-state index contributed by atoms with van der Waals surface area (Å²) in [5.41, 5.74) is 1.03. The third-order valence-corrected chi connectivity index (χ3v) is 3.19. The van der Waals surface area contributed by atoms with Gasteiger partial charge in [0.1, 0.15) is 0 Å². The largest absolute Gasteiger partial charge is 0.294 e. The van der Waals surface area contributed by atoms with E-state index in [2.05, 4.69) is 0 Å². The molecule has 0 aromatic heterocycles. The molecular weight excluding hydrogens is 228 g/mol. The lowest BCUT2D eigenvalue weighted by Crippen LogP contribution is -1.96. The Hall–Kier alpha value is -0.730. The molecule has 0 bridgehead atoms. The van der Waals surface area contributed by atoms with Gasteiger partial charge in [0.2, 0.25) is 0 Å². The first-order valence-corrected chi connectivity index (χ1v) is 6.01. The average molecular weight is 241 g/mol. The van der Waals surface area contributed by atoms with Crippen LogP contribution in [0.15, 0.2) is 40.8 Å². The van der Waals surface area contributed by atoms with Gasteiger partial charge in [-0.1, -0.05) is 29.3 Å². The number of hydrogen-bond donors (Lipinski definition) is 0. The Labute approximate surface area is 99.5 Å². The van der Waals surface area contributed by atoms with Gasteiger partial charge in [-0.25, -0.2) is 0 Å². The first kappa shape index (κ1) is 12.3. The maximum atomic E-state index is 11.4. The molecule has 0 spiro atoms. The third kappa shape index (κ3) is 4.54. The Morgan fingerprint density at radius 3 is 2.67 bits per heavy atom. The van der Waals surface area contributed by atoms with E-state index in [0.29, 0.717) is 10.8 Å². The molecule has 80 valence electrons. The number of rotatable bonds is 4. The summed E-state index contributed by atoms with van der Waals surface area (Å²) in [4.78, 5) is 12.4. The van der Waals surface area contributed by atoms with Gasteiger partial charge in [0.15, 0.2) is 5.78 Å². The van der Waals surface area contributed by atoms with Crippen LogP contribution in [0.5, 0.6) is 0 Å². The number of allylic oxidation sites excluding steroid dienone is 2. The maximum absolute atomic E-state index is 11.4. The van der Waals surface area contributed by atoms with E-state index in [1.54, 1.807) is 6.08 Å². The highest BCUT2D eigenvalue weighted by Crippen LogP contribution is 2.26. The van der Waals surface area contributed by atoms with E-state index in [9.17, 15) is 4.79 Å². The average Bonchev–Trinajstić information content (AvgIpc) is 2.15. The molecule has 0 N–H and O–H groups in total. The number of thioether (sulfide) groups is 1. The zero-order valence-electron chi connectivity index (χ0n) is 8.79. The summed E-state index contributed by atoms with van der Waals surface area (Å²) < 4.78 is 0. The molecule has 1 rings (SSSR count). The van der Waals surface area contributed by atoms with Crippen LogP contribution >= 0.6 is 23.4 Å². The monoisotopic (exact) mass is 240 g/mol. The molecule has 1 aromatic rings. The van der Waals surface area contributed by atoms with Crippen molar-refractivity contribution >= 4 is 29.1 Å². The van der Waals surface area contributed by atoms with Gasteiger partial charge in [0.05, 0.1) is 10.8 Å². The minimum absolute atomic E-state index is 0.125. The fourth-order valence-corrected chi connectivity index (χ4v) is 2.14. The van der Waals surface area contributed by atoms with Crippen molar-refractivity contribution in [1.82, 2.24) is 0 Å². The van der Waals surface area contributed by atoms with Gasteiger partial charge in [-0.15, -0.1) is 11.8 Å². The maximum Gasteiger partial charge on any atom is 0.165 e. The minimum atomic E-state index is 0.125. The molecule has 0 aliphatic carbocycles. The first-order chi connectivity index (χ1) is 7.09. The Bertz CT molecular complexity index is 381. The molecule has 0 saturated heterocycles. The SMILES string of the molecule is CC(C)=CC(=O)CSc1ccccc1Cl. The van der Waals surface area contributed by atoms with E-state index in [0.717, 1.165) is 10.5 Å². The summed E-state index contributed by atoms with van der Waals surface area (Å²) >= 11 is 7.44. The number of hydrogen-bond acceptors (Lipinski definition) is 2. The minimum Gasteiger partial charge on any atom is -0.294 e. The van der Waals surface area contributed by atoms with Crippen LogP contribution in [0, 0.1) is 0 Å². The van der Waals surface area contributed by atoms with Crippen molar-refractivity contribution in [2.45, 2.75) is 18.7 Å². The van der Waals surface area contributed by atoms with Gasteiger partial charge in [0.25, 0.3) is 0 Å². The van der Waals surface area contributed by atoms with E-state index in [-0.39, 0.29) is 5.78 Å². The zero-order chi connectivity index (χ0) is 11.3. The molecule has 0 heterocycles. The van der Waals surface area contributed by atoms with Crippen LogP contribution in [0.1, 0.15) is 13.8 Å². The van der Waals surface area contributed by atoms with Crippen LogP contribution in [-0.4, -0.2) is 11.5 Å². The number of carbonyl (C=O) groups is 1. The van der Waals surface area contributed by atoms with Gasteiger partial charge in [-0.05, 0) is 32.1 Å². The van der Waals surface area contributed by atoms with E-state index >= 15 is 0 Å². The van der Waals surface area contributed by atoms with Gasteiger partial charge in [-0.2, -0.15) is 0 Å². The summed E-state index contributed by atoms with van der Waals surface area (Å²) in [7, 11) is 0. The Balaban J connectivity index is 2.55. The van der Waals surface area contributed by atoms with Gasteiger partial charge < -0.3 is 0 Å². The van der Waals surface area contributed by atoms with Crippen molar-refractivity contribution in [3.8, 4) is 0 Å². The molecule has 0 fully saturated rings. The summed E-state index contributed by atoms with van der Waals surface area (Å²) in [5, 5.41) is 0.701. The highest BCUT2D eigenvalue weighted by molar-refractivity contribution is 8.00.